The minimum Gasteiger partial charge on any atom is -0.467 e. The molecule has 0 saturated carbocycles. The molecule has 0 radical (unpaired) electrons. The first-order valence-corrected chi connectivity index (χ1v) is 5.42. The minimum atomic E-state index is -0.555. The molecule has 0 atom stereocenters. The van der Waals surface area contributed by atoms with Gasteiger partial charge in [-0.05, 0) is 24.3 Å². The van der Waals surface area contributed by atoms with Crippen molar-refractivity contribution in [2.75, 3.05) is 0 Å². The topological polar surface area (TPSA) is 71.3 Å². The molecule has 0 saturated heterocycles. The number of carbonyl (C=O) groups excluding carboxylic acids is 2. The van der Waals surface area contributed by atoms with Crippen LogP contribution in [0.15, 0.2) is 53.1 Å². The number of nitrogens with one attached hydrogen (secondary N) is 2. The Morgan fingerprint density at radius 2 is 1.83 bits per heavy atom. The highest BCUT2D eigenvalue weighted by Crippen LogP contribution is 1.99. The van der Waals surface area contributed by atoms with Crippen molar-refractivity contribution in [2.24, 2.45) is 0 Å². The highest BCUT2D eigenvalue weighted by atomic mass is 16.3. The molecule has 0 aliphatic carbocycles. The molecule has 2 N–H and O–H groups in total. The highest BCUT2D eigenvalue weighted by Gasteiger charge is 2.09. The normalized spacial score (nSPS) is 9.78. The SMILES string of the molecule is O=C(NCc1ccco1)NC(=O)c1ccccc1. The van der Waals surface area contributed by atoms with Crippen LogP contribution in [0.1, 0.15) is 16.1 Å². The molecule has 0 aliphatic heterocycles. The van der Waals surface area contributed by atoms with Crippen LogP contribution in [0.25, 0.3) is 0 Å². The van der Waals surface area contributed by atoms with Gasteiger partial charge in [-0.1, -0.05) is 18.2 Å². The fourth-order valence-corrected chi connectivity index (χ4v) is 1.39. The van der Waals surface area contributed by atoms with Crippen LogP contribution in [0.2, 0.25) is 0 Å². The van der Waals surface area contributed by atoms with Gasteiger partial charge in [-0.15, -0.1) is 0 Å². The maximum Gasteiger partial charge on any atom is 0.322 e. The molecule has 3 amide bonds. The van der Waals surface area contributed by atoms with Gasteiger partial charge >= 0.3 is 6.03 Å². The van der Waals surface area contributed by atoms with E-state index in [0.29, 0.717) is 11.3 Å². The second-order valence-corrected chi connectivity index (χ2v) is 3.58. The maximum absolute atomic E-state index is 11.6. The van der Waals surface area contributed by atoms with Crippen molar-refractivity contribution in [3.05, 3.63) is 60.1 Å². The Hall–Kier alpha value is -2.56. The molecule has 0 bridgehead atoms. The van der Waals surface area contributed by atoms with Gasteiger partial charge in [0.2, 0.25) is 0 Å². The van der Waals surface area contributed by atoms with Gasteiger partial charge in [-0.25, -0.2) is 4.79 Å². The Bertz CT molecular complexity index is 520. The van der Waals surface area contributed by atoms with Crippen molar-refractivity contribution in [1.82, 2.24) is 10.6 Å². The van der Waals surface area contributed by atoms with Crippen molar-refractivity contribution in [3.63, 3.8) is 0 Å². The van der Waals surface area contributed by atoms with E-state index < -0.39 is 11.9 Å². The summed E-state index contributed by atoms with van der Waals surface area (Å²) in [5.74, 6) is 0.185. The largest absolute Gasteiger partial charge is 0.467 e. The standard InChI is InChI=1S/C13H12N2O3/c16-12(10-5-2-1-3-6-10)15-13(17)14-9-11-7-4-8-18-11/h1-8H,9H2,(H2,14,15,16,17). The fourth-order valence-electron chi connectivity index (χ4n) is 1.39. The first kappa shape index (κ1) is 11.9. The average Bonchev–Trinajstić information content (AvgIpc) is 2.90. The number of amides is 3. The predicted octanol–water partition coefficient (Wildman–Crippen LogP) is 1.92. The number of urea groups is 1. The third-order valence-electron chi connectivity index (χ3n) is 2.27. The Balaban J connectivity index is 1.83. The van der Waals surface area contributed by atoms with Crippen LogP contribution < -0.4 is 10.6 Å². The molecule has 0 unspecified atom stereocenters. The number of rotatable bonds is 3. The van der Waals surface area contributed by atoms with Crippen molar-refractivity contribution in [1.29, 1.82) is 0 Å². The molecule has 0 spiro atoms. The average molecular weight is 244 g/mol. The lowest BCUT2D eigenvalue weighted by molar-refractivity contribution is 0.0963. The van der Waals surface area contributed by atoms with E-state index in [1.807, 2.05) is 0 Å². The number of hydrogen-bond acceptors (Lipinski definition) is 3. The van der Waals surface area contributed by atoms with Gasteiger partial charge in [-0.2, -0.15) is 0 Å². The molecule has 1 aromatic carbocycles. The van der Waals surface area contributed by atoms with E-state index in [-0.39, 0.29) is 6.54 Å². The predicted molar refractivity (Wildman–Crippen MR) is 64.9 cm³/mol. The highest BCUT2D eigenvalue weighted by molar-refractivity contribution is 6.04. The second-order valence-electron chi connectivity index (χ2n) is 3.58. The molecule has 0 aliphatic rings. The van der Waals surface area contributed by atoms with Gasteiger partial charge in [0.15, 0.2) is 0 Å². The Labute approximate surface area is 104 Å². The molecule has 5 nitrogen and oxygen atoms in total. The molecule has 1 aromatic heterocycles. The zero-order chi connectivity index (χ0) is 12.8. The van der Waals surface area contributed by atoms with Crippen LogP contribution in [0, 0.1) is 0 Å². The van der Waals surface area contributed by atoms with Gasteiger partial charge in [-0.3, -0.25) is 10.1 Å². The van der Waals surface area contributed by atoms with Gasteiger partial charge < -0.3 is 9.73 Å². The third-order valence-corrected chi connectivity index (χ3v) is 2.27. The van der Waals surface area contributed by atoms with Crippen LogP contribution in [0.3, 0.4) is 0 Å². The summed E-state index contributed by atoms with van der Waals surface area (Å²) < 4.78 is 5.05. The molecular formula is C13H12N2O3. The van der Waals surface area contributed by atoms with Crippen molar-refractivity contribution in [2.45, 2.75) is 6.54 Å². The molecule has 2 aromatic rings. The monoisotopic (exact) mass is 244 g/mol. The molecule has 2 rings (SSSR count). The minimum absolute atomic E-state index is 0.237. The van der Waals surface area contributed by atoms with Crippen molar-refractivity contribution < 1.29 is 14.0 Å². The van der Waals surface area contributed by atoms with Crippen LogP contribution in [-0.4, -0.2) is 11.9 Å². The summed E-state index contributed by atoms with van der Waals surface area (Å²) in [6, 6.07) is 11.4. The van der Waals surface area contributed by atoms with Gasteiger partial charge in [0.25, 0.3) is 5.91 Å². The van der Waals surface area contributed by atoms with Crippen molar-refractivity contribution >= 4 is 11.9 Å². The van der Waals surface area contributed by atoms with E-state index >= 15 is 0 Å². The van der Waals surface area contributed by atoms with Crippen LogP contribution in [-0.2, 0) is 6.54 Å². The number of carbonyl (C=O) groups is 2. The summed E-state index contributed by atoms with van der Waals surface area (Å²) in [6.07, 6.45) is 1.52. The van der Waals surface area contributed by atoms with E-state index in [0.717, 1.165) is 0 Å². The molecule has 92 valence electrons. The summed E-state index contributed by atoms with van der Waals surface area (Å²) in [7, 11) is 0. The van der Waals surface area contributed by atoms with Gasteiger partial charge in [0.1, 0.15) is 5.76 Å². The smallest absolute Gasteiger partial charge is 0.322 e. The number of hydrogen-bond donors (Lipinski definition) is 2. The maximum atomic E-state index is 11.6. The van der Waals surface area contributed by atoms with E-state index in [2.05, 4.69) is 10.6 Å². The van der Waals surface area contributed by atoms with E-state index in [1.165, 1.54) is 6.26 Å². The van der Waals surface area contributed by atoms with E-state index in [4.69, 9.17) is 4.42 Å². The third kappa shape index (κ3) is 3.21. The van der Waals surface area contributed by atoms with Crippen LogP contribution in [0.5, 0.6) is 0 Å². The first-order valence-electron chi connectivity index (χ1n) is 5.42. The molecule has 0 fully saturated rings. The number of imide groups is 1. The summed E-state index contributed by atoms with van der Waals surface area (Å²) in [5, 5.41) is 4.75. The molecular weight excluding hydrogens is 232 g/mol. The number of furan rings is 1. The van der Waals surface area contributed by atoms with Crippen LogP contribution in [0.4, 0.5) is 4.79 Å². The van der Waals surface area contributed by atoms with Gasteiger partial charge in [0.05, 0.1) is 12.8 Å². The van der Waals surface area contributed by atoms with Crippen LogP contribution >= 0.6 is 0 Å². The summed E-state index contributed by atoms with van der Waals surface area (Å²) in [5.41, 5.74) is 0.436. The van der Waals surface area contributed by atoms with E-state index in [1.54, 1.807) is 42.5 Å². The number of benzene rings is 1. The first-order chi connectivity index (χ1) is 8.75. The molecule has 1 heterocycles. The molecule has 18 heavy (non-hydrogen) atoms. The van der Waals surface area contributed by atoms with E-state index in [9.17, 15) is 9.59 Å². The zero-order valence-corrected chi connectivity index (χ0v) is 9.55. The lowest BCUT2D eigenvalue weighted by atomic mass is 10.2. The summed E-state index contributed by atoms with van der Waals surface area (Å²) in [6.45, 7) is 0.237. The Morgan fingerprint density at radius 1 is 1.06 bits per heavy atom. The fraction of sp³-hybridized carbons (Fsp3) is 0.0769. The van der Waals surface area contributed by atoms with Gasteiger partial charge in [0, 0.05) is 5.56 Å². The van der Waals surface area contributed by atoms with Crippen molar-refractivity contribution in [3.8, 4) is 0 Å². The Morgan fingerprint density at radius 3 is 2.50 bits per heavy atom. The lowest BCUT2D eigenvalue weighted by Crippen LogP contribution is -2.38. The quantitative estimate of drug-likeness (QED) is 0.866. The Kier molecular flexibility index (Phi) is 3.76. The summed E-state index contributed by atoms with van der Waals surface area (Å²) >= 11 is 0. The lowest BCUT2D eigenvalue weighted by Gasteiger charge is -2.05. The zero-order valence-electron chi connectivity index (χ0n) is 9.55. The second kappa shape index (κ2) is 5.67. The summed E-state index contributed by atoms with van der Waals surface area (Å²) in [4.78, 5) is 23.1. The molecule has 5 heteroatoms.